The lowest BCUT2D eigenvalue weighted by atomic mass is 10.1. The van der Waals surface area contributed by atoms with Gasteiger partial charge in [0.1, 0.15) is 0 Å². The first-order valence-electron chi connectivity index (χ1n) is 4.08. The van der Waals surface area contributed by atoms with Gasteiger partial charge in [0.25, 0.3) is 0 Å². The number of hydrogen-bond donors (Lipinski definition) is 4. The molecule has 0 heterocycles. The van der Waals surface area contributed by atoms with Crippen LogP contribution >= 0.6 is 7.82 Å². The van der Waals surface area contributed by atoms with Gasteiger partial charge >= 0.3 is 7.82 Å². The van der Waals surface area contributed by atoms with E-state index < -0.39 is 39.6 Å². The summed E-state index contributed by atoms with van der Waals surface area (Å²) < 4.78 is 55.4. The lowest BCUT2D eigenvalue weighted by Crippen LogP contribution is -2.29. The minimum Gasteiger partial charge on any atom is -0.317 e. The van der Waals surface area contributed by atoms with E-state index in [1.54, 1.807) is 0 Å². The van der Waals surface area contributed by atoms with Crippen LogP contribution in [-0.4, -0.2) is 40.6 Å². The van der Waals surface area contributed by atoms with E-state index in [9.17, 15) is 17.6 Å². The fourth-order valence-corrected chi connectivity index (χ4v) is 0.762. The zero-order chi connectivity index (χ0) is 13.4. The summed E-state index contributed by atoms with van der Waals surface area (Å²) in [4.78, 5) is 21.6. The highest BCUT2D eigenvalue weighted by atomic mass is 31.2. The van der Waals surface area contributed by atoms with Gasteiger partial charge in [-0.3, -0.25) is 0 Å². The molecule has 0 rings (SSSR count). The second kappa shape index (κ2) is 8.89. The SMILES string of the molecule is CNC(CC(F)F)CC(F)F.O=P(O)(O)O. The van der Waals surface area contributed by atoms with Crippen LogP contribution in [0.15, 0.2) is 0 Å². The van der Waals surface area contributed by atoms with Crippen LogP contribution < -0.4 is 5.32 Å². The summed E-state index contributed by atoms with van der Waals surface area (Å²) in [5.41, 5.74) is 0. The molecule has 0 fully saturated rings. The molecule has 4 N–H and O–H groups in total. The summed E-state index contributed by atoms with van der Waals surface area (Å²) in [6.45, 7) is 0. The first-order chi connectivity index (χ1) is 7.06. The van der Waals surface area contributed by atoms with Crippen molar-refractivity contribution in [1.29, 1.82) is 0 Å². The summed E-state index contributed by atoms with van der Waals surface area (Å²) in [6.07, 6.45) is -6.07. The highest BCUT2D eigenvalue weighted by Gasteiger charge is 2.17. The number of alkyl halides is 4. The number of phosphoric acid groups is 1. The van der Waals surface area contributed by atoms with Gasteiger partial charge < -0.3 is 20.0 Å². The third kappa shape index (κ3) is 23.5. The predicted octanol–water partition coefficient (Wildman–Crippen LogP) is 0.956. The van der Waals surface area contributed by atoms with Crippen molar-refractivity contribution in [3.05, 3.63) is 0 Å². The van der Waals surface area contributed by atoms with Crippen molar-refractivity contribution in [2.45, 2.75) is 31.7 Å². The lowest BCUT2D eigenvalue weighted by molar-refractivity contribution is 0.0870. The fourth-order valence-electron chi connectivity index (χ4n) is 0.762. The van der Waals surface area contributed by atoms with Gasteiger partial charge in [-0.2, -0.15) is 0 Å². The molecule has 5 nitrogen and oxygen atoms in total. The van der Waals surface area contributed by atoms with E-state index in [1.807, 2.05) is 0 Å². The molecule has 0 spiro atoms. The third-order valence-corrected chi connectivity index (χ3v) is 1.33. The Bertz CT molecular complexity index is 194. The second-order valence-electron chi connectivity index (χ2n) is 2.75. The standard InChI is InChI=1S/C6H11F4N.H3O4P/c1-11-4(2-5(7)8)3-6(9)10;1-5(2,3)4/h4-6,11H,2-3H2,1H3;(H3,1,2,3,4). The van der Waals surface area contributed by atoms with Crippen LogP contribution in [0.3, 0.4) is 0 Å². The zero-order valence-electron chi connectivity index (χ0n) is 8.36. The molecule has 0 aliphatic rings. The summed E-state index contributed by atoms with van der Waals surface area (Å²) in [5.74, 6) is 0. The molecular weight excluding hydrogens is 257 g/mol. The molecule has 0 radical (unpaired) electrons. The van der Waals surface area contributed by atoms with E-state index in [4.69, 9.17) is 19.2 Å². The summed E-state index contributed by atoms with van der Waals surface area (Å²) in [7, 11) is -3.24. The van der Waals surface area contributed by atoms with Crippen molar-refractivity contribution in [2.75, 3.05) is 7.05 Å². The van der Waals surface area contributed by atoms with Gasteiger partial charge in [-0.15, -0.1) is 0 Å². The van der Waals surface area contributed by atoms with Gasteiger partial charge in [0, 0.05) is 18.9 Å². The minimum atomic E-state index is -4.64. The van der Waals surface area contributed by atoms with E-state index in [1.165, 1.54) is 7.05 Å². The highest BCUT2D eigenvalue weighted by Crippen LogP contribution is 2.25. The number of rotatable bonds is 5. The van der Waals surface area contributed by atoms with E-state index >= 15 is 0 Å². The molecule has 16 heavy (non-hydrogen) atoms. The summed E-state index contributed by atoms with van der Waals surface area (Å²) in [6, 6.07) is -0.782. The van der Waals surface area contributed by atoms with Crippen molar-refractivity contribution < 1.29 is 36.8 Å². The summed E-state index contributed by atoms with van der Waals surface area (Å²) in [5, 5.41) is 2.40. The number of nitrogens with one attached hydrogen (secondary N) is 1. The molecular formula is C6H14F4NO4P. The maximum absolute atomic E-state index is 11.6. The number of hydrogen-bond acceptors (Lipinski definition) is 2. The molecule has 10 heteroatoms. The maximum Gasteiger partial charge on any atom is 0.466 e. The van der Waals surface area contributed by atoms with Crippen molar-refractivity contribution in [2.24, 2.45) is 0 Å². The Morgan fingerprint density at radius 1 is 1.06 bits per heavy atom. The Hall–Kier alpha value is -0.210. The van der Waals surface area contributed by atoms with Crippen LogP contribution in [0.2, 0.25) is 0 Å². The summed E-state index contributed by atoms with van der Waals surface area (Å²) >= 11 is 0. The molecule has 100 valence electrons. The van der Waals surface area contributed by atoms with Gasteiger partial charge in [-0.25, -0.2) is 22.1 Å². The van der Waals surface area contributed by atoms with Crippen LogP contribution in [0.1, 0.15) is 12.8 Å². The Labute approximate surface area is 89.7 Å². The van der Waals surface area contributed by atoms with Crippen molar-refractivity contribution in [3.8, 4) is 0 Å². The van der Waals surface area contributed by atoms with Crippen LogP contribution in [0, 0.1) is 0 Å². The van der Waals surface area contributed by atoms with Crippen LogP contribution in [0.25, 0.3) is 0 Å². The lowest BCUT2D eigenvalue weighted by Gasteiger charge is -2.14. The van der Waals surface area contributed by atoms with Gasteiger partial charge in [-0.05, 0) is 7.05 Å². The smallest absolute Gasteiger partial charge is 0.317 e. The van der Waals surface area contributed by atoms with Crippen LogP contribution in [-0.2, 0) is 4.57 Å². The molecule has 0 aliphatic heterocycles. The van der Waals surface area contributed by atoms with Gasteiger partial charge in [0.05, 0.1) is 0 Å². The van der Waals surface area contributed by atoms with Crippen molar-refractivity contribution in [1.82, 2.24) is 5.32 Å². The molecule has 0 saturated carbocycles. The number of halogens is 4. The first kappa shape index (κ1) is 18.2. The van der Waals surface area contributed by atoms with E-state index in [-0.39, 0.29) is 0 Å². The predicted molar refractivity (Wildman–Crippen MR) is 48.4 cm³/mol. The Balaban J connectivity index is 0. The van der Waals surface area contributed by atoms with Gasteiger partial charge in [0.15, 0.2) is 0 Å². The molecule has 0 saturated heterocycles. The van der Waals surface area contributed by atoms with Gasteiger partial charge in [0.2, 0.25) is 12.9 Å². The second-order valence-corrected chi connectivity index (χ2v) is 3.78. The molecule has 0 amide bonds. The molecule has 0 aliphatic carbocycles. The van der Waals surface area contributed by atoms with Crippen LogP contribution in [0.4, 0.5) is 17.6 Å². The Kier molecular flexibility index (Phi) is 10.1. The molecule has 0 atom stereocenters. The molecule has 0 bridgehead atoms. The molecule has 0 unspecified atom stereocenters. The van der Waals surface area contributed by atoms with Crippen LogP contribution in [0.5, 0.6) is 0 Å². The van der Waals surface area contributed by atoms with E-state index in [0.29, 0.717) is 0 Å². The average molecular weight is 271 g/mol. The topological polar surface area (TPSA) is 89.8 Å². The third-order valence-electron chi connectivity index (χ3n) is 1.33. The minimum absolute atomic E-state index is 0.513. The average Bonchev–Trinajstić information content (AvgIpc) is 1.97. The Morgan fingerprint density at radius 3 is 1.44 bits per heavy atom. The zero-order valence-corrected chi connectivity index (χ0v) is 9.25. The molecule has 0 aromatic rings. The van der Waals surface area contributed by atoms with E-state index in [2.05, 4.69) is 5.32 Å². The first-order valence-corrected chi connectivity index (χ1v) is 5.64. The van der Waals surface area contributed by atoms with E-state index in [0.717, 1.165) is 0 Å². The largest absolute Gasteiger partial charge is 0.466 e. The van der Waals surface area contributed by atoms with Gasteiger partial charge in [-0.1, -0.05) is 0 Å². The van der Waals surface area contributed by atoms with Crippen molar-refractivity contribution in [3.63, 3.8) is 0 Å². The normalized spacial score (nSPS) is 11.9. The quantitative estimate of drug-likeness (QED) is 0.441. The molecule has 0 aromatic heterocycles. The highest BCUT2D eigenvalue weighted by molar-refractivity contribution is 7.45. The van der Waals surface area contributed by atoms with Crippen molar-refractivity contribution >= 4 is 7.82 Å². The maximum atomic E-state index is 11.6. The monoisotopic (exact) mass is 271 g/mol. The fraction of sp³-hybridized carbons (Fsp3) is 1.00. The molecule has 0 aromatic carbocycles. The Morgan fingerprint density at radius 2 is 1.31 bits per heavy atom.